The maximum Gasteiger partial charge on any atom is 0.303 e. The lowest BCUT2D eigenvalue weighted by Gasteiger charge is -2.36. The van der Waals surface area contributed by atoms with Crippen molar-refractivity contribution in [1.82, 2.24) is 14.7 Å². The molecule has 1 amide bonds. The highest BCUT2D eigenvalue weighted by Gasteiger charge is 2.29. The predicted octanol–water partition coefficient (Wildman–Crippen LogP) is 0.583. The molecule has 0 atom stereocenters. The van der Waals surface area contributed by atoms with E-state index < -0.39 is 11.4 Å². The number of amides is 1. The molecule has 1 fully saturated rings. The molecule has 0 aromatic carbocycles. The maximum atomic E-state index is 12.3. The summed E-state index contributed by atoms with van der Waals surface area (Å²) in [6.07, 6.45) is 0.332. The van der Waals surface area contributed by atoms with Crippen LogP contribution in [0.1, 0.15) is 26.7 Å². The Kier molecular flexibility index (Phi) is 6.61. The van der Waals surface area contributed by atoms with Gasteiger partial charge in [0.25, 0.3) is 0 Å². The van der Waals surface area contributed by atoms with Crippen molar-refractivity contribution in [3.8, 4) is 0 Å². The number of likely N-dealkylation sites (N-methyl/N-ethyl adjacent to an activating group) is 1. The molecule has 0 spiro atoms. The van der Waals surface area contributed by atoms with Gasteiger partial charge in [0, 0.05) is 45.7 Å². The van der Waals surface area contributed by atoms with E-state index in [0.29, 0.717) is 6.42 Å². The largest absolute Gasteiger partial charge is 0.481 e. The van der Waals surface area contributed by atoms with E-state index in [1.165, 1.54) is 0 Å². The molecule has 0 aromatic heterocycles. The quantitative estimate of drug-likeness (QED) is 0.745. The van der Waals surface area contributed by atoms with Crippen molar-refractivity contribution < 1.29 is 14.7 Å². The van der Waals surface area contributed by atoms with Crippen molar-refractivity contribution >= 4 is 11.9 Å². The molecule has 0 bridgehead atoms. The van der Waals surface area contributed by atoms with Crippen LogP contribution < -0.4 is 0 Å². The predicted molar refractivity (Wildman–Crippen MR) is 82.2 cm³/mol. The second kappa shape index (κ2) is 7.75. The van der Waals surface area contributed by atoms with E-state index in [0.717, 1.165) is 39.3 Å². The van der Waals surface area contributed by atoms with Gasteiger partial charge in [-0.2, -0.15) is 0 Å². The molecule has 1 aliphatic rings. The summed E-state index contributed by atoms with van der Waals surface area (Å²) < 4.78 is 0. The highest BCUT2D eigenvalue weighted by atomic mass is 16.4. The van der Waals surface area contributed by atoms with Crippen LogP contribution in [0.2, 0.25) is 0 Å². The second-order valence-corrected chi connectivity index (χ2v) is 6.94. The van der Waals surface area contributed by atoms with Crippen LogP contribution in [0.4, 0.5) is 0 Å². The van der Waals surface area contributed by atoms with E-state index in [4.69, 9.17) is 5.11 Å². The van der Waals surface area contributed by atoms with Crippen LogP contribution in [-0.2, 0) is 9.59 Å². The average Bonchev–Trinajstić information content (AvgIpc) is 2.34. The molecule has 0 radical (unpaired) electrons. The third-order valence-electron chi connectivity index (χ3n) is 3.85. The minimum Gasteiger partial charge on any atom is -0.481 e. The summed E-state index contributed by atoms with van der Waals surface area (Å²) in [5.74, 6) is -0.769. The lowest BCUT2D eigenvalue weighted by molar-refractivity contribution is -0.141. The molecule has 0 aromatic rings. The SMILES string of the molecule is CN(C)CCN1CCN(C(=O)CC(C)(C)CC(=O)O)CC1. The van der Waals surface area contributed by atoms with Gasteiger partial charge in [-0.3, -0.25) is 14.5 Å². The third kappa shape index (κ3) is 6.91. The first kappa shape index (κ1) is 17.9. The van der Waals surface area contributed by atoms with Gasteiger partial charge in [0.05, 0.1) is 6.42 Å². The summed E-state index contributed by atoms with van der Waals surface area (Å²) in [7, 11) is 4.12. The minimum atomic E-state index is -0.846. The van der Waals surface area contributed by atoms with Crippen molar-refractivity contribution in [3.05, 3.63) is 0 Å². The van der Waals surface area contributed by atoms with Crippen LogP contribution in [-0.4, -0.2) is 85.0 Å². The van der Waals surface area contributed by atoms with E-state index in [1.807, 2.05) is 18.7 Å². The van der Waals surface area contributed by atoms with Crippen molar-refractivity contribution in [2.75, 3.05) is 53.4 Å². The third-order valence-corrected chi connectivity index (χ3v) is 3.85. The number of carboxylic acid groups (broad SMARTS) is 1. The Bertz CT molecular complexity index is 361. The van der Waals surface area contributed by atoms with Crippen LogP contribution in [0.15, 0.2) is 0 Å². The van der Waals surface area contributed by atoms with Crippen molar-refractivity contribution in [1.29, 1.82) is 0 Å². The summed E-state index contributed by atoms with van der Waals surface area (Å²) in [5, 5.41) is 8.88. The molecular weight excluding hydrogens is 270 g/mol. The van der Waals surface area contributed by atoms with Gasteiger partial charge in [0.1, 0.15) is 0 Å². The molecule has 1 rings (SSSR count). The van der Waals surface area contributed by atoms with E-state index in [1.54, 1.807) is 0 Å². The van der Waals surface area contributed by atoms with Crippen molar-refractivity contribution in [3.63, 3.8) is 0 Å². The Morgan fingerprint density at radius 2 is 1.67 bits per heavy atom. The summed E-state index contributed by atoms with van der Waals surface area (Å²) in [4.78, 5) is 29.5. The Hall–Kier alpha value is -1.14. The average molecular weight is 299 g/mol. The summed E-state index contributed by atoms with van der Waals surface area (Å²) in [5.41, 5.74) is -0.481. The van der Waals surface area contributed by atoms with E-state index in [-0.39, 0.29) is 12.3 Å². The van der Waals surface area contributed by atoms with Gasteiger partial charge in [0.15, 0.2) is 0 Å². The van der Waals surface area contributed by atoms with Gasteiger partial charge in [0.2, 0.25) is 5.91 Å². The lowest BCUT2D eigenvalue weighted by Crippen LogP contribution is -2.50. The number of aliphatic carboxylic acids is 1. The molecule has 0 unspecified atom stereocenters. The van der Waals surface area contributed by atoms with Gasteiger partial charge >= 0.3 is 5.97 Å². The first-order chi connectivity index (χ1) is 9.69. The molecule has 1 aliphatic heterocycles. The zero-order valence-electron chi connectivity index (χ0n) is 13.8. The van der Waals surface area contributed by atoms with E-state index >= 15 is 0 Å². The van der Waals surface area contributed by atoms with Gasteiger partial charge in [-0.15, -0.1) is 0 Å². The Morgan fingerprint density at radius 3 is 2.14 bits per heavy atom. The number of rotatable bonds is 7. The van der Waals surface area contributed by atoms with Crippen molar-refractivity contribution in [2.24, 2.45) is 5.41 Å². The number of hydrogen-bond donors (Lipinski definition) is 1. The smallest absolute Gasteiger partial charge is 0.303 e. The molecule has 6 heteroatoms. The van der Waals surface area contributed by atoms with Gasteiger partial charge in [-0.05, 0) is 19.5 Å². The highest BCUT2D eigenvalue weighted by molar-refractivity contribution is 5.78. The molecule has 1 N–H and O–H groups in total. The Balaban J connectivity index is 2.36. The van der Waals surface area contributed by atoms with E-state index in [9.17, 15) is 9.59 Å². The first-order valence-electron chi connectivity index (χ1n) is 7.56. The van der Waals surface area contributed by atoms with Crippen LogP contribution in [0.5, 0.6) is 0 Å². The maximum absolute atomic E-state index is 12.3. The van der Waals surface area contributed by atoms with Gasteiger partial charge in [-0.25, -0.2) is 0 Å². The van der Waals surface area contributed by atoms with Crippen LogP contribution >= 0.6 is 0 Å². The summed E-state index contributed by atoms with van der Waals surface area (Å²) >= 11 is 0. The summed E-state index contributed by atoms with van der Waals surface area (Å²) in [6, 6.07) is 0. The van der Waals surface area contributed by atoms with Crippen LogP contribution in [0.25, 0.3) is 0 Å². The zero-order chi connectivity index (χ0) is 16.0. The molecule has 1 saturated heterocycles. The number of carbonyl (C=O) groups is 2. The topological polar surface area (TPSA) is 64.1 Å². The number of carbonyl (C=O) groups excluding carboxylic acids is 1. The monoisotopic (exact) mass is 299 g/mol. The fourth-order valence-electron chi connectivity index (χ4n) is 2.56. The lowest BCUT2D eigenvalue weighted by atomic mass is 9.85. The van der Waals surface area contributed by atoms with Gasteiger partial charge in [-0.1, -0.05) is 13.8 Å². The molecule has 6 nitrogen and oxygen atoms in total. The van der Waals surface area contributed by atoms with E-state index in [2.05, 4.69) is 23.9 Å². The van der Waals surface area contributed by atoms with Crippen molar-refractivity contribution in [2.45, 2.75) is 26.7 Å². The normalized spacial score (nSPS) is 17.3. The molecule has 1 heterocycles. The summed E-state index contributed by atoms with van der Waals surface area (Å²) in [6.45, 7) is 9.03. The standard InChI is InChI=1S/C15H29N3O3/c1-15(2,12-14(20)21)11-13(19)18-9-7-17(8-10-18)6-5-16(3)4/h5-12H2,1-4H3,(H,20,21). The van der Waals surface area contributed by atoms with Crippen LogP contribution in [0, 0.1) is 5.41 Å². The highest BCUT2D eigenvalue weighted by Crippen LogP contribution is 2.26. The fraction of sp³-hybridized carbons (Fsp3) is 0.867. The van der Waals surface area contributed by atoms with Crippen LogP contribution in [0.3, 0.4) is 0 Å². The first-order valence-corrected chi connectivity index (χ1v) is 7.56. The number of piperazine rings is 1. The molecule has 122 valence electrons. The zero-order valence-corrected chi connectivity index (χ0v) is 13.8. The Labute approximate surface area is 127 Å². The number of hydrogen-bond acceptors (Lipinski definition) is 4. The molecular formula is C15H29N3O3. The van der Waals surface area contributed by atoms with Gasteiger partial charge < -0.3 is 14.9 Å². The minimum absolute atomic E-state index is 0.0293. The number of carboxylic acids is 1. The molecule has 21 heavy (non-hydrogen) atoms. The number of nitrogens with zero attached hydrogens (tertiary/aromatic N) is 3. The second-order valence-electron chi connectivity index (χ2n) is 6.94. The molecule has 0 saturated carbocycles. The fourth-order valence-corrected chi connectivity index (χ4v) is 2.56. The Morgan fingerprint density at radius 1 is 1.10 bits per heavy atom. The molecule has 0 aliphatic carbocycles.